The van der Waals surface area contributed by atoms with Crippen LogP contribution in [0.3, 0.4) is 0 Å². The summed E-state index contributed by atoms with van der Waals surface area (Å²) in [6.45, 7) is 14.9. The Balaban J connectivity index is 0. The van der Waals surface area contributed by atoms with Crippen molar-refractivity contribution in [1.29, 1.82) is 0 Å². The molecule has 29 heavy (non-hydrogen) atoms. The molecule has 2 aromatic rings. The molecule has 164 valence electrons. The summed E-state index contributed by atoms with van der Waals surface area (Å²) >= 11 is 0. The number of pyridine rings is 1. The van der Waals surface area contributed by atoms with Gasteiger partial charge < -0.3 is 9.53 Å². The molecule has 0 N–H and O–H groups in total. The fourth-order valence-electron chi connectivity index (χ4n) is 2.36. The maximum Gasteiger partial charge on any atom is 0.303 e. The van der Waals surface area contributed by atoms with Crippen LogP contribution < -0.4 is 0 Å². The van der Waals surface area contributed by atoms with E-state index in [1.54, 1.807) is 0 Å². The fraction of sp³-hybridized carbons (Fsp3) is 0.560. The number of para-hydroxylation sites is 1. The number of aldehydes is 1. The van der Waals surface area contributed by atoms with Gasteiger partial charge in [-0.25, -0.2) is 0 Å². The summed E-state index contributed by atoms with van der Waals surface area (Å²) in [6, 6.07) is 10.3. The van der Waals surface area contributed by atoms with Gasteiger partial charge in [0.25, 0.3) is 0 Å². The van der Waals surface area contributed by atoms with Gasteiger partial charge in [-0.3, -0.25) is 9.78 Å². The Morgan fingerprint density at radius 1 is 1.03 bits per heavy atom. The van der Waals surface area contributed by atoms with Crippen LogP contribution in [-0.4, -0.2) is 22.8 Å². The highest BCUT2D eigenvalue weighted by Crippen LogP contribution is 2.13. The first-order valence-electron chi connectivity index (χ1n) is 10.5. The summed E-state index contributed by atoms with van der Waals surface area (Å²) in [5, 5.41) is 1.22. The van der Waals surface area contributed by atoms with Gasteiger partial charge in [-0.1, -0.05) is 70.2 Å². The van der Waals surface area contributed by atoms with Crippen LogP contribution in [0.15, 0.2) is 36.5 Å². The van der Waals surface area contributed by atoms with Crippen LogP contribution >= 0.6 is 0 Å². The average Bonchev–Trinajstić information content (AvgIpc) is 2.62. The fourth-order valence-corrected chi connectivity index (χ4v) is 2.36. The van der Waals surface area contributed by atoms with E-state index in [4.69, 9.17) is 9.53 Å². The summed E-state index contributed by atoms with van der Waals surface area (Å²) in [5.41, 5.74) is 2.02. The number of carbonyl (C=O) groups is 2. The first kappa shape index (κ1) is 29.0. The first-order chi connectivity index (χ1) is 13.6. The molecule has 0 aliphatic rings. The largest absolute Gasteiger partial charge is 0.460 e. The van der Waals surface area contributed by atoms with Gasteiger partial charge in [0.1, 0.15) is 11.9 Å². The standard InChI is InChI=1S/C10H9N.C7H16.C6H12O2.C2H4O/c1-8-4-2-5-9-6-3-7-11-10(8)9;1-3-5-7-6-4-2;1-5(7)8-6(2,3)4;1-2-3/h2-7H,1H3;3-7H2,1-2H3;1-4H3;2H,1H3. The van der Waals surface area contributed by atoms with Gasteiger partial charge in [0.15, 0.2) is 0 Å². The normalized spacial score (nSPS) is 9.66. The van der Waals surface area contributed by atoms with Crippen LogP contribution in [0.1, 0.15) is 86.1 Å². The monoisotopic (exact) mass is 403 g/mol. The van der Waals surface area contributed by atoms with Gasteiger partial charge in [-0.2, -0.15) is 0 Å². The van der Waals surface area contributed by atoms with Crippen molar-refractivity contribution in [3.8, 4) is 0 Å². The summed E-state index contributed by atoms with van der Waals surface area (Å²) in [4.78, 5) is 23.3. The van der Waals surface area contributed by atoms with E-state index in [0.29, 0.717) is 0 Å². The van der Waals surface area contributed by atoms with Crippen molar-refractivity contribution in [3.63, 3.8) is 0 Å². The number of carbonyl (C=O) groups excluding carboxylic acids is 2. The lowest BCUT2D eigenvalue weighted by molar-refractivity contribution is -0.151. The minimum Gasteiger partial charge on any atom is -0.460 e. The highest BCUT2D eigenvalue weighted by Gasteiger charge is 2.11. The van der Waals surface area contributed by atoms with Crippen molar-refractivity contribution in [3.05, 3.63) is 42.1 Å². The molecule has 0 saturated heterocycles. The molecule has 1 heterocycles. The van der Waals surface area contributed by atoms with E-state index in [1.165, 1.54) is 56.9 Å². The van der Waals surface area contributed by atoms with Gasteiger partial charge >= 0.3 is 5.97 Å². The van der Waals surface area contributed by atoms with E-state index >= 15 is 0 Å². The molecule has 1 aromatic carbocycles. The molecule has 0 bridgehead atoms. The topological polar surface area (TPSA) is 56.3 Å². The highest BCUT2D eigenvalue weighted by atomic mass is 16.6. The third-order valence-corrected chi connectivity index (χ3v) is 3.49. The number of esters is 1. The predicted molar refractivity (Wildman–Crippen MR) is 124 cm³/mol. The second-order valence-electron chi connectivity index (χ2n) is 7.65. The lowest BCUT2D eigenvalue weighted by Gasteiger charge is -2.17. The number of fused-ring (bicyclic) bond motifs is 1. The van der Waals surface area contributed by atoms with E-state index in [-0.39, 0.29) is 11.6 Å². The van der Waals surface area contributed by atoms with Crippen LogP contribution in [0.25, 0.3) is 10.9 Å². The smallest absolute Gasteiger partial charge is 0.303 e. The van der Waals surface area contributed by atoms with E-state index in [2.05, 4.69) is 50.0 Å². The van der Waals surface area contributed by atoms with E-state index in [9.17, 15) is 4.79 Å². The lowest BCUT2D eigenvalue weighted by Crippen LogP contribution is -2.21. The van der Waals surface area contributed by atoms with Gasteiger partial charge in [-0.05, 0) is 46.2 Å². The molecule has 4 heteroatoms. The third kappa shape index (κ3) is 18.9. The SMILES string of the molecule is CC(=O)OC(C)(C)C.CC=O.CCCCCCC.Cc1cccc2cccnc12. The summed E-state index contributed by atoms with van der Waals surface area (Å²) in [5.74, 6) is -0.225. The van der Waals surface area contributed by atoms with Crippen molar-refractivity contribution < 1.29 is 14.3 Å². The molecule has 4 nitrogen and oxygen atoms in total. The number of aryl methyl sites for hydroxylation is 1. The van der Waals surface area contributed by atoms with Gasteiger partial charge in [0, 0.05) is 18.5 Å². The number of benzene rings is 1. The van der Waals surface area contributed by atoms with Crippen molar-refractivity contribution in [2.75, 3.05) is 0 Å². The predicted octanol–water partition coefficient (Wildman–Crippen LogP) is 7.07. The second kappa shape index (κ2) is 17.8. The Hall–Kier alpha value is -2.23. The van der Waals surface area contributed by atoms with Crippen LogP contribution in [0.2, 0.25) is 0 Å². The summed E-state index contributed by atoms with van der Waals surface area (Å²) < 4.78 is 4.80. The number of hydrogen-bond acceptors (Lipinski definition) is 4. The highest BCUT2D eigenvalue weighted by molar-refractivity contribution is 5.81. The van der Waals surface area contributed by atoms with Crippen LogP contribution in [0.5, 0.6) is 0 Å². The maximum atomic E-state index is 10.2. The first-order valence-corrected chi connectivity index (χ1v) is 10.5. The molecule has 0 saturated carbocycles. The van der Waals surface area contributed by atoms with Crippen molar-refractivity contribution in [2.45, 2.75) is 93.1 Å². The average molecular weight is 404 g/mol. The molecule has 2 rings (SSSR count). The van der Waals surface area contributed by atoms with Crippen molar-refractivity contribution in [1.82, 2.24) is 4.98 Å². The quantitative estimate of drug-likeness (QED) is 0.311. The number of aromatic nitrogens is 1. The van der Waals surface area contributed by atoms with E-state index in [0.717, 1.165) is 11.8 Å². The Labute approximate surface area is 178 Å². The molecule has 0 aliphatic heterocycles. The van der Waals surface area contributed by atoms with Crippen molar-refractivity contribution in [2.24, 2.45) is 0 Å². The van der Waals surface area contributed by atoms with Gasteiger partial charge in [0.2, 0.25) is 0 Å². The minimum absolute atomic E-state index is 0.225. The summed E-state index contributed by atoms with van der Waals surface area (Å²) in [6.07, 6.45) is 9.59. The number of nitrogens with zero attached hydrogens (tertiary/aromatic N) is 1. The Bertz CT molecular complexity index is 666. The molecule has 0 amide bonds. The Kier molecular flexibility index (Phi) is 17.8. The van der Waals surface area contributed by atoms with Crippen LogP contribution in [0.4, 0.5) is 0 Å². The molecule has 0 atom stereocenters. The Morgan fingerprint density at radius 2 is 1.55 bits per heavy atom. The molecular weight excluding hydrogens is 362 g/mol. The molecular formula is C25H41NO3. The molecule has 1 aromatic heterocycles. The third-order valence-electron chi connectivity index (χ3n) is 3.49. The molecule has 0 aliphatic carbocycles. The van der Waals surface area contributed by atoms with Crippen LogP contribution in [-0.2, 0) is 14.3 Å². The number of ether oxygens (including phenoxy) is 1. The van der Waals surface area contributed by atoms with E-state index < -0.39 is 0 Å². The molecule has 0 fully saturated rings. The molecule has 0 spiro atoms. The zero-order valence-corrected chi connectivity index (χ0v) is 19.7. The Morgan fingerprint density at radius 3 is 1.93 bits per heavy atom. The number of rotatable bonds is 4. The number of unbranched alkanes of at least 4 members (excludes halogenated alkanes) is 4. The van der Waals surface area contributed by atoms with E-state index in [1.807, 2.05) is 33.0 Å². The zero-order chi connectivity index (χ0) is 22.7. The van der Waals surface area contributed by atoms with Crippen LogP contribution in [0, 0.1) is 6.92 Å². The van der Waals surface area contributed by atoms with Gasteiger partial charge in [0.05, 0.1) is 5.52 Å². The molecule has 0 unspecified atom stereocenters. The second-order valence-corrected chi connectivity index (χ2v) is 7.65. The summed E-state index contributed by atoms with van der Waals surface area (Å²) in [7, 11) is 0. The van der Waals surface area contributed by atoms with Gasteiger partial charge in [-0.15, -0.1) is 0 Å². The minimum atomic E-state index is -0.328. The number of hydrogen-bond donors (Lipinski definition) is 0. The molecule has 0 radical (unpaired) electrons. The van der Waals surface area contributed by atoms with Crippen molar-refractivity contribution >= 4 is 23.2 Å². The zero-order valence-electron chi connectivity index (χ0n) is 19.7. The maximum absolute atomic E-state index is 10.2. The lowest BCUT2D eigenvalue weighted by atomic mass is 10.1.